The molecule has 0 aliphatic carbocycles. The van der Waals surface area contributed by atoms with Crippen LogP contribution in [0.4, 0.5) is 0 Å². The van der Waals surface area contributed by atoms with Gasteiger partial charge in [-0.1, -0.05) is 6.58 Å². The van der Waals surface area contributed by atoms with Crippen LogP contribution in [0, 0.1) is 0 Å². The van der Waals surface area contributed by atoms with Gasteiger partial charge in [-0.3, -0.25) is 15.4 Å². The van der Waals surface area contributed by atoms with Crippen molar-refractivity contribution in [1.29, 1.82) is 0 Å². The monoisotopic (exact) mass is 219 g/mol. The minimum Gasteiger partial charge on any atom is -0.381 e. The predicted molar refractivity (Wildman–Crippen MR) is 53.2 cm³/mol. The first-order valence-corrected chi connectivity index (χ1v) is 4.29. The number of hydrogen-bond acceptors (Lipinski definition) is 7. The molecular weight excluding hydrogens is 202 g/mol. The first-order valence-electron chi connectivity index (χ1n) is 4.29. The second-order valence-corrected chi connectivity index (χ2v) is 2.79. The third-order valence-corrected chi connectivity index (χ3v) is 2.00. The highest BCUT2D eigenvalue weighted by Gasteiger charge is 2.39. The van der Waals surface area contributed by atoms with Gasteiger partial charge in [-0.15, -0.1) is 0 Å². The van der Waals surface area contributed by atoms with E-state index in [-0.39, 0.29) is 0 Å². The van der Waals surface area contributed by atoms with Gasteiger partial charge in [-0.05, 0) is 13.1 Å². The number of nitrogens with zero attached hydrogens (tertiary/aromatic N) is 1. The van der Waals surface area contributed by atoms with Gasteiger partial charge in [-0.2, -0.15) is 0 Å². The van der Waals surface area contributed by atoms with Crippen LogP contribution in [0.25, 0.3) is 0 Å². The van der Waals surface area contributed by atoms with Crippen molar-refractivity contribution in [3.8, 4) is 0 Å². The van der Waals surface area contributed by atoms with E-state index >= 15 is 0 Å². The lowest BCUT2D eigenvalue weighted by atomic mass is 10.2. The lowest BCUT2D eigenvalue weighted by Gasteiger charge is -2.39. The largest absolute Gasteiger partial charge is 0.381 e. The van der Waals surface area contributed by atoms with E-state index in [4.69, 9.17) is 15.3 Å². The third-order valence-electron chi connectivity index (χ3n) is 2.00. The Balaban J connectivity index is 5.04. The zero-order valence-electron chi connectivity index (χ0n) is 8.60. The molecule has 7 heteroatoms. The molecule has 0 aromatic carbocycles. The third kappa shape index (κ3) is 3.06. The van der Waals surface area contributed by atoms with E-state index in [0.717, 1.165) is 6.08 Å². The quantitative estimate of drug-likeness (QED) is 0.224. The molecule has 0 aromatic rings. The molecule has 15 heavy (non-hydrogen) atoms. The normalized spacial score (nSPS) is 11.8. The highest BCUT2D eigenvalue weighted by Crippen LogP contribution is 2.07. The Morgan fingerprint density at radius 2 is 1.87 bits per heavy atom. The predicted octanol–water partition coefficient (Wildman–Crippen LogP) is -2.64. The zero-order valence-corrected chi connectivity index (χ0v) is 8.60. The second kappa shape index (κ2) is 6.62. The van der Waals surface area contributed by atoms with Crippen molar-refractivity contribution in [3.63, 3.8) is 0 Å². The highest BCUT2D eigenvalue weighted by molar-refractivity contribution is 5.96. The fourth-order valence-corrected chi connectivity index (χ4v) is 1.18. The number of aliphatic hydroxyl groups excluding tert-OH is 3. The molecule has 0 atom stereocenters. The number of nitrogens with one attached hydrogen (secondary N) is 2. The lowest BCUT2D eigenvalue weighted by Crippen LogP contribution is -2.71. The van der Waals surface area contributed by atoms with Crippen molar-refractivity contribution >= 4 is 5.78 Å². The van der Waals surface area contributed by atoms with Gasteiger partial charge in [0.05, 0.1) is 20.2 Å². The maximum Gasteiger partial charge on any atom is 0.205 e. The van der Waals surface area contributed by atoms with E-state index in [1.165, 1.54) is 11.9 Å². The van der Waals surface area contributed by atoms with Crippen molar-refractivity contribution in [3.05, 3.63) is 12.7 Å². The van der Waals surface area contributed by atoms with E-state index in [1.54, 1.807) is 0 Å². The maximum absolute atomic E-state index is 11.6. The average molecular weight is 219 g/mol. The van der Waals surface area contributed by atoms with Crippen LogP contribution in [0.15, 0.2) is 12.7 Å². The molecule has 5 N–H and O–H groups in total. The van der Waals surface area contributed by atoms with Crippen LogP contribution in [-0.2, 0) is 4.79 Å². The fraction of sp³-hybridized carbons (Fsp3) is 0.625. The summed E-state index contributed by atoms with van der Waals surface area (Å²) in [7, 11) is 1.44. The standard InChI is InChI=1S/C8H17N3O4/c1-3-7(15)8(9-4-12,10-5-13)11(2)6-14/h3,9-10,12-14H,1,4-6H2,2H3. The summed E-state index contributed by atoms with van der Waals surface area (Å²) in [4.78, 5) is 12.8. The smallest absolute Gasteiger partial charge is 0.205 e. The van der Waals surface area contributed by atoms with Crippen molar-refractivity contribution in [2.75, 3.05) is 27.2 Å². The minimum atomic E-state index is -1.56. The molecule has 0 amide bonds. The van der Waals surface area contributed by atoms with Crippen molar-refractivity contribution in [2.45, 2.75) is 5.79 Å². The van der Waals surface area contributed by atoms with Gasteiger partial charge < -0.3 is 15.3 Å². The lowest BCUT2D eigenvalue weighted by molar-refractivity contribution is -0.137. The number of likely N-dealkylation sites (N-methyl/N-ethyl adjacent to an activating group) is 1. The van der Waals surface area contributed by atoms with Crippen LogP contribution in [-0.4, -0.2) is 59.0 Å². The van der Waals surface area contributed by atoms with Gasteiger partial charge in [0.1, 0.15) is 0 Å². The first-order chi connectivity index (χ1) is 7.08. The van der Waals surface area contributed by atoms with Crippen LogP contribution in [0.5, 0.6) is 0 Å². The molecule has 0 unspecified atom stereocenters. The summed E-state index contributed by atoms with van der Waals surface area (Å²) >= 11 is 0. The van der Waals surface area contributed by atoms with Gasteiger partial charge in [-0.25, -0.2) is 4.90 Å². The van der Waals surface area contributed by atoms with Crippen LogP contribution >= 0.6 is 0 Å². The Morgan fingerprint density at radius 3 is 2.13 bits per heavy atom. The van der Waals surface area contributed by atoms with Gasteiger partial charge in [0.25, 0.3) is 0 Å². The maximum atomic E-state index is 11.6. The first kappa shape index (κ1) is 14.2. The number of ketones is 1. The summed E-state index contributed by atoms with van der Waals surface area (Å²) in [5.41, 5.74) is 0. The molecule has 0 heterocycles. The molecule has 0 radical (unpaired) electrons. The van der Waals surface area contributed by atoms with Gasteiger partial charge in [0.2, 0.25) is 5.78 Å². The summed E-state index contributed by atoms with van der Waals surface area (Å²) in [6.45, 7) is 1.86. The van der Waals surface area contributed by atoms with Gasteiger partial charge in [0.15, 0.2) is 5.79 Å². The molecule has 0 aliphatic heterocycles. The van der Waals surface area contributed by atoms with E-state index in [1.807, 2.05) is 0 Å². The number of aliphatic hydroxyl groups is 3. The molecule has 0 bridgehead atoms. The van der Waals surface area contributed by atoms with Gasteiger partial charge >= 0.3 is 0 Å². The Hall–Kier alpha value is -0.830. The van der Waals surface area contributed by atoms with Crippen LogP contribution in [0.3, 0.4) is 0 Å². The zero-order chi connectivity index (χ0) is 11.9. The molecular formula is C8H17N3O4. The van der Waals surface area contributed by atoms with Gasteiger partial charge in [0, 0.05) is 0 Å². The van der Waals surface area contributed by atoms with Crippen LogP contribution in [0.2, 0.25) is 0 Å². The van der Waals surface area contributed by atoms with Crippen LogP contribution in [0.1, 0.15) is 0 Å². The Morgan fingerprint density at radius 1 is 1.40 bits per heavy atom. The molecule has 88 valence electrons. The number of hydrogen-bond donors (Lipinski definition) is 5. The number of carbonyl (C=O) groups excluding carboxylic acids is 1. The summed E-state index contributed by atoms with van der Waals surface area (Å²) in [5.74, 6) is -2.08. The number of rotatable bonds is 8. The highest BCUT2D eigenvalue weighted by atomic mass is 16.3. The molecule has 0 saturated heterocycles. The Kier molecular flexibility index (Phi) is 6.25. The molecule has 0 spiro atoms. The molecule has 0 aromatic heterocycles. The van der Waals surface area contributed by atoms with E-state index in [9.17, 15) is 4.79 Å². The SMILES string of the molecule is C=CC(=O)C(NCO)(NCO)N(C)CO. The molecule has 7 nitrogen and oxygen atoms in total. The Labute approximate surface area is 88.0 Å². The molecule has 0 fully saturated rings. The second-order valence-electron chi connectivity index (χ2n) is 2.79. The minimum absolute atomic E-state index is 0.445. The summed E-state index contributed by atoms with van der Waals surface area (Å²) in [6, 6.07) is 0. The summed E-state index contributed by atoms with van der Waals surface area (Å²) in [6.07, 6.45) is 1.03. The Bertz CT molecular complexity index is 216. The summed E-state index contributed by atoms with van der Waals surface area (Å²) in [5, 5.41) is 31.4. The van der Waals surface area contributed by atoms with Crippen molar-refractivity contribution in [2.24, 2.45) is 0 Å². The van der Waals surface area contributed by atoms with Crippen molar-refractivity contribution < 1.29 is 20.1 Å². The van der Waals surface area contributed by atoms with Crippen molar-refractivity contribution in [1.82, 2.24) is 15.5 Å². The van der Waals surface area contributed by atoms with E-state index in [0.29, 0.717) is 0 Å². The molecule has 0 aliphatic rings. The topological polar surface area (TPSA) is 105 Å². The summed E-state index contributed by atoms with van der Waals surface area (Å²) < 4.78 is 0. The average Bonchev–Trinajstić information content (AvgIpc) is 2.26. The number of carbonyl (C=O) groups is 1. The molecule has 0 saturated carbocycles. The van der Waals surface area contributed by atoms with E-state index < -0.39 is 31.8 Å². The fourth-order valence-electron chi connectivity index (χ4n) is 1.18. The van der Waals surface area contributed by atoms with Crippen LogP contribution < -0.4 is 10.6 Å². The van der Waals surface area contributed by atoms with E-state index in [2.05, 4.69) is 17.2 Å². The molecule has 0 rings (SSSR count).